The second-order valence-corrected chi connectivity index (χ2v) is 7.89. The number of halogens is 3. The Balaban J connectivity index is 0.000000589. The summed E-state index contributed by atoms with van der Waals surface area (Å²) in [6.45, 7) is 4.23. The van der Waals surface area contributed by atoms with Crippen LogP contribution in [0.1, 0.15) is 42.7 Å². The molecule has 0 saturated heterocycles. The SMILES string of the molecule is CC1(C)[C@@H](c2ccccc2)[C@@H]1c1nc(-c2cncc(C(F)(F)F)c2)no1.NS(=O)[O-]. The van der Waals surface area contributed by atoms with Crippen molar-refractivity contribution in [3.8, 4) is 11.4 Å². The van der Waals surface area contributed by atoms with Crippen LogP contribution in [0.3, 0.4) is 0 Å². The van der Waals surface area contributed by atoms with Crippen LogP contribution in [-0.2, 0) is 17.4 Å². The summed E-state index contributed by atoms with van der Waals surface area (Å²) >= 11 is -2.36. The van der Waals surface area contributed by atoms with Crippen molar-refractivity contribution in [1.82, 2.24) is 15.1 Å². The zero-order valence-electron chi connectivity index (χ0n) is 16.0. The van der Waals surface area contributed by atoms with Crippen LogP contribution in [0.5, 0.6) is 0 Å². The van der Waals surface area contributed by atoms with E-state index in [0.717, 1.165) is 12.3 Å². The maximum Gasteiger partial charge on any atom is 0.417 e. The van der Waals surface area contributed by atoms with Crippen LogP contribution in [0.15, 0.2) is 53.3 Å². The summed E-state index contributed by atoms with van der Waals surface area (Å²) in [5.74, 6) is 0.825. The van der Waals surface area contributed by atoms with E-state index in [4.69, 9.17) is 13.3 Å². The Bertz CT molecular complexity index is 1040. The molecule has 2 aromatic heterocycles. The van der Waals surface area contributed by atoms with E-state index < -0.39 is 23.0 Å². The molecule has 3 aromatic rings. The Morgan fingerprint density at radius 1 is 1.17 bits per heavy atom. The van der Waals surface area contributed by atoms with Crippen molar-refractivity contribution < 1.29 is 26.5 Å². The summed E-state index contributed by atoms with van der Waals surface area (Å²) in [6, 6.07) is 11.0. The minimum absolute atomic E-state index is 0.0323. The average Bonchev–Trinajstić information content (AvgIpc) is 3.01. The zero-order valence-corrected chi connectivity index (χ0v) is 16.8. The maximum absolute atomic E-state index is 12.9. The van der Waals surface area contributed by atoms with Gasteiger partial charge in [-0.2, -0.15) is 18.2 Å². The monoisotopic (exact) mass is 439 g/mol. The molecule has 30 heavy (non-hydrogen) atoms. The highest BCUT2D eigenvalue weighted by Gasteiger charge is 2.61. The molecular formula is C19H18F3N4O3S-. The van der Waals surface area contributed by atoms with Gasteiger partial charge in [0.2, 0.25) is 11.7 Å². The third-order valence-electron chi connectivity index (χ3n) is 5.02. The third kappa shape index (κ3) is 4.74. The third-order valence-corrected chi connectivity index (χ3v) is 5.02. The van der Waals surface area contributed by atoms with Gasteiger partial charge < -0.3 is 9.08 Å². The molecule has 2 N–H and O–H groups in total. The van der Waals surface area contributed by atoms with Crippen LogP contribution in [0.25, 0.3) is 11.4 Å². The van der Waals surface area contributed by atoms with Crippen molar-refractivity contribution in [3.05, 3.63) is 65.8 Å². The zero-order chi connectivity index (χ0) is 22.1. The molecule has 1 saturated carbocycles. The van der Waals surface area contributed by atoms with Crippen molar-refractivity contribution in [3.63, 3.8) is 0 Å². The van der Waals surface area contributed by atoms with E-state index in [2.05, 4.69) is 46.2 Å². The van der Waals surface area contributed by atoms with Crippen LogP contribution in [-0.4, -0.2) is 23.9 Å². The van der Waals surface area contributed by atoms with Gasteiger partial charge in [0.15, 0.2) is 0 Å². The number of benzene rings is 1. The van der Waals surface area contributed by atoms with E-state index in [0.29, 0.717) is 5.89 Å². The van der Waals surface area contributed by atoms with E-state index in [1.165, 1.54) is 11.8 Å². The Hall–Kier alpha value is -2.63. The van der Waals surface area contributed by atoms with Gasteiger partial charge in [0.1, 0.15) is 0 Å². The van der Waals surface area contributed by atoms with Crippen LogP contribution in [0, 0.1) is 5.41 Å². The second-order valence-electron chi connectivity index (χ2n) is 7.36. The second kappa shape index (κ2) is 8.25. The number of pyridine rings is 1. The minimum atomic E-state index is -4.47. The summed E-state index contributed by atoms with van der Waals surface area (Å²) in [5.41, 5.74) is 0.472. The first kappa shape index (κ1) is 22.1. The molecule has 1 aliphatic rings. The van der Waals surface area contributed by atoms with Crippen LogP contribution in [0.2, 0.25) is 0 Å². The summed E-state index contributed by atoms with van der Waals surface area (Å²) in [6.07, 6.45) is -2.39. The topological polar surface area (TPSA) is 118 Å². The van der Waals surface area contributed by atoms with Crippen molar-refractivity contribution in [2.75, 3.05) is 0 Å². The predicted octanol–water partition coefficient (Wildman–Crippen LogP) is 3.80. The summed E-state index contributed by atoms with van der Waals surface area (Å²) in [4.78, 5) is 8.00. The van der Waals surface area contributed by atoms with Crippen molar-refractivity contribution in [2.24, 2.45) is 10.6 Å². The van der Waals surface area contributed by atoms with Gasteiger partial charge in [-0.05, 0) is 17.0 Å². The molecule has 2 heterocycles. The highest BCUT2D eigenvalue weighted by Crippen LogP contribution is 2.69. The van der Waals surface area contributed by atoms with Crippen molar-refractivity contribution in [2.45, 2.75) is 31.9 Å². The molecule has 11 heteroatoms. The standard InChI is InChI=1S/C19H16F3N3O.H3NO2S/c1-18(2)14(11-6-4-3-5-7-11)15(18)17-24-16(25-26-17)12-8-13(10-23-9-12)19(20,21)22;1-4(2)3/h3-10,14-15H,1-2H3;1H2,(H,2,3)/p-1/t14-,15+;/m0./s1. The molecule has 3 atom stereocenters. The highest BCUT2D eigenvalue weighted by atomic mass is 32.2. The lowest BCUT2D eigenvalue weighted by molar-refractivity contribution is -0.137. The average molecular weight is 439 g/mol. The first-order valence-electron chi connectivity index (χ1n) is 8.76. The smallest absolute Gasteiger partial charge is 0.417 e. The van der Waals surface area contributed by atoms with Gasteiger partial charge in [-0.3, -0.25) is 14.3 Å². The molecule has 0 radical (unpaired) electrons. The summed E-state index contributed by atoms with van der Waals surface area (Å²) < 4.78 is 61.5. The number of rotatable bonds is 3. The maximum atomic E-state index is 12.9. The molecule has 0 amide bonds. The molecule has 1 fully saturated rings. The first-order valence-corrected chi connectivity index (χ1v) is 9.90. The highest BCUT2D eigenvalue weighted by molar-refractivity contribution is 7.76. The van der Waals surface area contributed by atoms with E-state index in [1.54, 1.807) is 0 Å². The van der Waals surface area contributed by atoms with Crippen LogP contribution < -0.4 is 5.14 Å². The summed E-state index contributed by atoms with van der Waals surface area (Å²) in [7, 11) is 0. The largest absolute Gasteiger partial charge is 0.760 e. The molecule has 160 valence electrons. The van der Waals surface area contributed by atoms with Gasteiger partial charge in [-0.25, -0.2) is 0 Å². The molecule has 1 unspecified atom stereocenters. The molecular weight excluding hydrogens is 421 g/mol. The predicted molar refractivity (Wildman–Crippen MR) is 101 cm³/mol. The van der Waals surface area contributed by atoms with E-state index in [1.807, 2.05) is 18.2 Å². The fourth-order valence-electron chi connectivity index (χ4n) is 3.58. The fourth-order valence-corrected chi connectivity index (χ4v) is 3.58. The number of hydrogen-bond acceptors (Lipinski definition) is 6. The van der Waals surface area contributed by atoms with Crippen LogP contribution >= 0.6 is 0 Å². The Morgan fingerprint density at radius 3 is 2.40 bits per heavy atom. The lowest BCUT2D eigenvalue weighted by atomic mass is 10.0. The lowest BCUT2D eigenvalue weighted by Crippen LogP contribution is -2.05. The number of aromatic nitrogens is 3. The van der Waals surface area contributed by atoms with Crippen molar-refractivity contribution in [1.29, 1.82) is 0 Å². The fraction of sp³-hybridized carbons (Fsp3) is 0.316. The van der Waals surface area contributed by atoms with Gasteiger partial charge >= 0.3 is 6.18 Å². The van der Waals surface area contributed by atoms with Gasteiger partial charge in [0, 0.05) is 35.1 Å². The van der Waals surface area contributed by atoms with E-state index >= 15 is 0 Å². The molecule has 4 rings (SSSR count). The normalized spacial score (nSPS) is 20.8. The lowest BCUT2D eigenvalue weighted by Gasteiger charge is -2.05. The van der Waals surface area contributed by atoms with Gasteiger partial charge in [-0.1, -0.05) is 49.3 Å². The summed E-state index contributed by atoms with van der Waals surface area (Å²) in [5, 5.41) is 7.90. The Labute approximate surface area is 172 Å². The first-order chi connectivity index (χ1) is 14.0. The molecule has 7 nitrogen and oxygen atoms in total. The quantitative estimate of drug-likeness (QED) is 0.620. The van der Waals surface area contributed by atoms with Crippen molar-refractivity contribution >= 4 is 11.3 Å². The minimum Gasteiger partial charge on any atom is -0.760 e. The number of nitrogens with two attached hydrogens (primary N) is 1. The molecule has 0 bridgehead atoms. The van der Waals surface area contributed by atoms with E-state index in [9.17, 15) is 13.2 Å². The molecule has 0 aliphatic heterocycles. The van der Waals surface area contributed by atoms with Crippen LogP contribution in [0.4, 0.5) is 13.2 Å². The Morgan fingerprint density at radius 2 is 1.80 bits per heavy atom. The van der Waals surface area contributed by atoms with E-state index in [-0.39, 0.29) is 28.6 Å². The number of hydrogen-bond donors (Lipinski definition) is 1. The molecule has 1 aliphatic carbocycles. The number of alkyl halides is 3. The Kier molecular flexibility index (Phi) is 6.06. The van der Waals surface area contributed by atoms with Gasteiger partial charge in [-0.15, -0.1) is 0 Å². The van der Waals surface area contributed by atoms with Gasteiger partial charge in [0.05, 0.1) is 11.5 Å². The molecule has 0 spiro atoms. The molecule has 1 aromatic carbocycles. The number of nitrogens with zero attached hydrogens (tertiary/aromatic N) is 3. The van der Waals surface area contributed by atoms with Gasteiger partial charge in [0.25, 0.3) is 0 Å².